The SMILES string of the molecule is CC(C)OCc1ccc(N)c2cccnc12. The fourth-order valence-corrected chi connectivity index (χ4v) is 1.63. The highest BCUT2D eigenvalue weighted by molar-refractivity contribution is 5.92. The standard InChI is InChI=1S/C13H16N2O/c1-9(2)16-8-10-5-6-12(14)11-4-3-7-15-13(10)11/h3-7,9H,8,14H2,1-2H3. The van der Waals surface area contributed by atoms with E-state index >= 15 is 0 Å². The minimum absolute atomic E-state index is 0.219. The van der Waals surface area contributed by atoms with Crippen molar-refractivity contribution in [2.24, 2.45) is 0 Å². The van der Waals surface area contributed by atoms with E-state index in [9.17, 15) is 0 Å². The lowest BCUT2D eigenvalue weighted by Gasteiger charge is -2.10. The smallest absolute Gasteiger partial charge is 0.0777 e. The van der Waals surface area contributed by atoms with E-state index in [2.05, 4.69) is 4.98 Å². The van der Waals surface area contributed by atoms with Gasteiger partial charge in [-0.1, -0.05) is 6.07 Å². The van der Waals surface area contributed by atoms with E-state index in [1.54, 1.807) is 6.20 Å². The molecule has 0 unspecified atom stereocenters. The van der Waals surface area contributed by atoms with E-state index in [1.165, 1.54) is 0 Å². The monoisotopic (exact) mass is 216 g/mol. The molecule has 2 rings (SSSR count). The summed E-state index contributed by atoms with van der Waals surface area (Å²) in [5.41, 5.74) is 8.68. The first-order valence-electron chi connectivity index (χ1n) is 5.42. The van der Waals surface area contributed by atoms with Gasteiger partial charge in [0.05, 0.1) is 18.2 Å². The number of hydrogen-bond acceptors (Lipinski definition) is 3. The van der Waals surface area contributed by atoms with Crippen LogP contribution in [0.5, 0.6) is 0 Å². The van der Waals surface area contributed by atoms with Crippen molar-refractivity contribution in [2.45, 2.75) is 26.6 Å². The van der Waals surface area contributed by atoms with E-state index in [1.807, 2.05) is 38.1 Å². The van der Waals surface area contributed by atoms with Crippen LogP contribution in [0.25, 0.3) is 10.9 Å². The Morgan fingerprint density at radius 1 is 1.31 bits per heavy atom. The van der Waals surface area contributed by atoms with Crippen molar-refractivity contribution in [1.29, 1.82) is 0 Å². The number of aromatic nitrogens is 1. The van der Waals surface area contributed by atoms with Gasteiger partial charge in [0.1, 0.15) is 0 Å². The van der Waals surface area contributed by atoms with Crippen LogP contribution >= 0.6 is 0 Å². The summed E-state index contributed by atoms with van der Waals surface area (Å²) < 4.78 is 5.60. The van der Waals surface area contributed by atoms with Crippen LogP contribution in [-0.2, 0) is 11.3 Å². The predicted molar refractivity (Wildman–Crippen MR) is 66.1 cm³/mol. The first-order valence-corrected chi connectivity index (χ1v) is 5.42. The van der Waals surface area contributed by atoms with Crippen LogP contribution < -0.4 is 5.73 Å². The molecule has 84 valence electrons. The van der Waals surface area contributed by atoms with Gasteiger partial charge in [0.15, 0.2) is 0 Å². The second-order valence-corrected chi connectivity index (χ2v) is 4.07. The summed E-state index contributed by atoms with van der Waals surface area (Å²) in [6.45, 7) is 4.62. The Balaban J connectivity index is 2.42. The third-order valence-electron chi connectivity index (χ3n) is 2.46. The zero-order valence-electron chi connectivity index (χ0n) is 9.60. The maximum atomic E-state index is 5.90. The summed E-state index contributed by atoms with van der Waals surface area (Å²) in [4.78, 5) is 4.36. The third-order valence-corrected chi connectivity index (χ3v) is 2.46. The molecule has 0 aliphatic rings. The Labute approximate surface area is 95.2 Å². The molecule has 16 heavy (non-hydrogen) atoms. The molecule has 0 fully saturated rings. The van der Waals surface area contributed by atoms with Crippen LogP contribution in [0.1, 0.15) is 19.4 Å². The summed E-state index contributed by atoms with van der Waals surface area (Å²) in [5.74, 6) is 0. The molecule has 0 saturated heterocycles. The van der Waals surface area contributed by atoms with Gasteiger partial charge >= 0.3 is 0 Å². The summed E-state index contributed by atoms with van der Waals surface area (Å²) in [5, 5.41) is 0.993. The van der Waals surface area contributed by atoms with Crippen LogP contribution in [-0.4, -0.2) is 11.1 Å². The van der Waals surface area contributed by atoms with E-state index in [0.29, 0.717) is 6.61 Å². The van der Waals surface area contributed by atoms with Crippen molar-refractivity contribution in [3.05, 3.63) is 36.0 Å². The zero-order valence-corrected chi connectivity index (χ0v) is 9.60. The molecular weight excluding hydrogens is 200 g/mol. The molecule has 2 aromatic rings. The maximum Gasteiger partial charge on any atom is 0.0777 e. The molecule has 0 atom stereocenters. The average molecular weight is 216 g/mol. The zero-order chi connectivity index (χ0) is 11.5. The minimum Gasteiger partial charge on any atom is -0.398 e. The molecule has 3 nitrogen and oxygen atoms in total. The number of nitrogens with two attached hydrogens (primary N) is 1. The first-order chi connectivity index (χ1) is 7.68. The highest BCUT2D eigenvalue weighted by Gasteiger charge is 2.05. The van der Waals surface area contributed by atoms with Gasteiger partial charge in [0.25, 0.3) is 0 Å². The van der Waals surface area contributed by atoms with Crippen LogP contribution in [0.3, 0.4) is 0 Å². The number of nitrogens with zero attached hydrogens (tertiary/aromatic N) is 1. The molecule has 0 bridgehead atoms. The quantitative estimate of drug-likeness (QED) is 0.802. The molecule has 1 aromatic carbocycles. The Hall–Kier alpha value is -1.61. The van der Waals surface area contributed by atoms with Crippen LogP contribution in [0.15, 0.2) is 30.5 Å². The van der Waals surface area contributed by atoms with Gasteiger partial charge in [-0.3, -0.25) is 4.98 Å². The number of pyridine rings is 1. The largest absolute Gasteiger partial charge is 0.398 e. The number of ether oxygens (including phenoxy) is 1. The van der Waals surface area contributed by atoms with Crippen molar-refractivity contribution < 1.29 is 4.74 Å². The van der Waals surface area contributed by atoms with Gasteiger partial charge in [0.2, 0.25) is 0 Å². The molecule has 1 heterocycles. The number of fused-ring (bicyclic) bond motifs is 1. The minimum atomic E-state index is 0.219. The maximum absolute atomic E-state index is 5.90. The number of benzene rings is 1. The molecule has 0 aliphatic carbocycles. The predicted octanol–water partition coefficient (Wildman–Crippen LogP) is 2.74. The molecule has 0 aliphatic heterocycles. The molecule has 0 radical (unpaired) electrons. The molecule has 0 amide bonds. The Morgan fingerprint density at radius 3 is 2.88 bits per heavy atom. The van der Waals surface area contributed by atoms with Crippen LogP contribution in [0, 0.1) is 0 Å². The Morgan fingerprint density at radius 2 is 2.12 bits per heavy atom. The Bertz CT molecular complexity index is 494. The van der Waals surface area contributed by atoms with Gasteiger partial charge in [0, 0.05) is 22.8 Å². The summed E-state index contributed by atoms with van der Waals surface area (Å²) >= 11 is 0. The normalized spacial score (nSPS) is 11.2. The van der Waals surface area contributed by atoms with E-state index in [-0.39, 0.29) is 6.10 Å². The third kappa shape index (κ3) is 2.14. The average Bonchev–Trinajstić information content (AvgIpc) is 2.28. The molecule has 1 aromatic heterocycles. The molecule has 2 N–H and O–H groups in total. The lowest BCUT2D eigenvalue weighted by molar-refractivity contribution is 0.0663. The highest BCUT2D eigenvalue weighted by atomic mass is 16.5. The van der Waals surface area contributed by atoms with Crippen molar-refractivity contribution in [3.8, 4) is 0 Å². The van der Waals surface area contributed by atoms with Gasteiger partial charge < -0.3 is 10.5 Å². The van der Waals surface area contributed by atoms with Crippen molar-refractivity contribution in [3.63, 3.8) is 0 Å². The van der Waals surface area contributed by atoms with E-state index in [0.717, 1.165) is 22.2 Å². The van der Waals surface area contributed by atoms with E-state index in [4.69, 9.17) is 10.5 Å². The second kappa shape index (κ2) is 4.49. The topological polar surface area (TPSA) is 48.1 Å². The molecule has 0 spiro atoms. The number of anilines is 1. The van der Waals surface area contributed by atoms with Crippen molar-refractivity contribution in [2.75, 3.05) is 5.73 Å². The van der Waals surface area contributed by atoms with E-state index < -0.39 is 0 Å². The van der Waals surface area contributed by atoms with Crippen molar-refractivity contribution in [1.82, 2.24) is 4.98 Å². The molecular formula is C13H16N2O. The van der Waals surface area contributed by atoms with Gasteiger partial charge in [-0.05, 0) is 32.0 Å². The fourth-order valence-electron chi connectivity index (χ4n) is 1.63. The van der Waals surface area contributed by atoms with Gasteiger partial charge in [-0.15, -0.1) is 0 Å². The summed E-state index contributed by atoms with van der Waals surface area (Å²) in [7, 11) is 0. The highest BCUT2D eigenvalue weighted by Crippen LogP contribution is 2.23. The van der Waals surface area contributed by atoms with Crippen molar-refractivity contribution >= 4 is 16.6 Å². The first kappa shape index (κ1) is 10.9. The fraction of sp³-hybridized carbons (Fsp3) is 0.308. The van der Waals surface area contributed by atoms with Crippen LogP contribution in [0.4, 0.5) is 5.69 Å². The number of hydrogen-bond donors (Lipinski definition) is 1. The van der Waals surface area contributed by atoms with Crippen LogP contribution in [0.2, 0.25) is 0 Å². The summed E-state index contributed by atoms with van der Waals surface area (Å²) in [6.07, 6.45) is 2.00. The number of nitrogen functional groups attached to an aromatic ring is 1. The lowest BCUT2D eigenvalue weighted by Crippen LogP contribution is -2.03. The molecule has 3 heteroatoms. The molecule has 0 saturated carbocycles. The van der Waals surface area contributed by atoms with Gasteiger partial charge in [-0.25, -0.2) is 0 Å². The Kier molecular flexibility index (Phi) is 3.06. The second-order valence-electron chi connectivity index (χ2n) is 4.07. The van der Waals surface area contributed by atoms with Gasteiger partial charge in [-0.2, -0.15) is 0 Å². The number of rotatable bonds is 3. The summed E-state index contributed by atoms with van der Waals surface area (Å²) in [6, 6.07) is 7.76. The lowest BCUT2D eigenvalue weighted by atomic mass is 10.1.